The van der Waals surface area contributed by atoms with Gasteiger partial charge >= 0.3 is 5.97 Å². The molecule has 1 aromatic carbocycles. The second kappa shape index (κ2) is 8.46. The molecule has 1 aromatic rings. The molecule has 31 heavy (non-hydrogen) atoms. The molecule has 0 aliphatic carbocycles. The molecule has 4 unspecified atom stereocenters. The van der Waals surface area contributed by atoms with Crippen molar-refractivity contribution in [2.75, 3.05) is 7.11 Å². The first-order valence-corrected chi connectivity index (χ1v) is 10.8. The van der Waals surface area contributed by atoms with Gasteiger partial charge in [0.05, 0.1) is 18.9 Å². The molecule has 0 spiro atoms. The van der Waals surface area contributed by atoms with Gasteiger partial charge in [0.1, 0.15) is 11.3 Å². The number of carboxylic acid groups (broad SMARTS) is 1. The van der Waals surface area contributed by atoms with Crippen molar-refractivity contribution in [1.82, 2.24) is 10.2 Å². The van der Waals surface area contributed by atoms with Gasteiger partial charge in [-0.3, -0.25) is 24.6 Å². The van der Waals surface area contributed by atoms with Crippen molar-refractivity contribution in [3.05, 3.63) is 35.9 Å². The molecule has 7 nitrogen and oxygen atoms in total. The van der Waals surface area contributed by atoms with E-state index in [1.165, 1.54) is 4.90 Å². The van der Waals surface area contributed by atoms with Gasteiger partial charge in [0.25, 0.3) is 0 Å². The average Bonchev–Trinajstić information content (AvgIpc) is 3.19. The molecule has 0 bridgehead atoms. The number of aliphatic carboxylic acids is 1. The Labute approximate surface area is 183 Å². The number of benzene rings is 1. The maximum atomic E-state index is 13.4. The van der Waals surface area contributed by atoms with Gasteiger partial charge < -0.3 is 9.84 Å². The summed E-state index contributed by atoms with van der Waals surface area (Å²) in [5.74, 6) is -2.71. The van der Waals surface area contributed by atoms with Gasteiger partial charge in [-0.15, -0.1) is 0 Å². The summed E-state index contributed by atoms with van der Waals surface area (Å²) in [4.78, 5) is 40.5. The van der Waals surface area contributed by atoms with Crippen molar-refractivity contribution < 1.29 is 24.2 Å². The van der Waals surface area contributed by atoms with Crippen LogP contribution in [0.2, 0.25) is 0 Å². The number of amides is 2. The molecule has 0 radical (unpaired) electrons. The molecule has 2 heterocycles. The second-order valence-electron chi connectivity index (χ2n) is 9.37. The number of rotatable bonds is 7. The Bertz CT molecular complexity index is 886. The number of methoxy groups -OCH3 is 1. The lowest BCUT2D eigenvalue weighted by Gasteiger charge is -2.35. The number of carbonyl (C=O) groups excluding carboxylic acids is 2. The molecule has 7 heteroatoms. The predicted molar refractivity (Wildman–Crippen MR) is 117 cm³/mol. The molecule has 2 amide bonds. The largest absolute Gasteiger partial charge is 0.497 e. The number of unbranched alkanes of at least 4 members (excludes halogenated alkanes) is 1. The summed E-state index contributed by atoms with van der Waals surface area (Å²) >= 11 is 0. The van der Waals surface area contributed by atoms with Crippen LogP contribution in [0.4, 0.5) is 0 Å². The van der Waals surface area contributed by atoms with Crippen molar-refractivity contribution in [2.45, 2.75) is 64.1 Å². The van der Waals surface area contributed by atoms with E-state index in [4.69, 9.17) is 4.74 Å². The van der Waals surface area contributed by atoms with Crippen LogP contribution in [0.15, 0.2) is 30.3 Å². The zero-order valence-corrected chi connectivity index (χ0v) is 18.8. The Balaban J connectivity index is 2.01. The fraction of sp³-hybridized carbons (Fsp3) is 0.542. The topological polar surface area (TPSA) is 95.9 Å². The van der Waals surface area contributed by atoms with Gasteiger partial charge in [0.2, 0.25) is 11.8 Å². The lowest BCUT2D eigenvalue weighted by atomic mass is 9.77. The van der Waals surface area contributed by atoms with Gasteiger partial charge in [0.15, 0.2) is 0 Å². The van der Waals surface area contributed by atoms with Crippen LogP contribution in [0, 0.1) is 11.8 Å². The fourth-order valence-corrected chi connectivity index (χ4v) is 4.79. The van der Waals surface area contributed by atoms with E-state index in [-0.39, 0.29) is 5.91 Å². The highest BCUT2D eigenvalue weighted by molar-refractivity contribution is 6.10. The van der Waals surface area contributed by atoms with Crippen LogP contribution in [0.25, 0.3) is 6.08 Å². The minimum absolute atomic E-state index is 0.296. The molecule has 2 aliphatic rings. The SMILES string of the molecule is CCCCC1(C(=O)O)NC(C=Cc2ccc(OC)cc2)C2C(=O)N(C(C)(C)C)C(=O)C21. The van der Waals surface area contributed by atoms with Gasteiger partial charge in [-0.1, -0.05) is 44.1 Å². The third kappa shape index (κ3) is 3.99. The average molecular weight is 429 g/mol. The van der Waals surface area contributed by atoms with Crippen molar-refractivity contribution in [3.63, 3.8) is 0 Å². The van der Waals surface area contributed by atoms with Crippen molar-refractivity contribution >= 4 is 23.9 Å². The number of hydrogen-bond acceptors (Lipinski definition) is 5. The van der Waals surface area contributed by atoms with Crippen molar-refractivity contribution in [1.29, 1.82) is 0 Å². The Morgan fingerprint density at radius 1 is 1.23 bits per heavy atom. The maximum absolute atomic E-state index is 13.4. The first-order valence-electron chi connectivity index (χ1n) is 10.8. The Morgan fingerprint density at radius 3 is 2.39 bits per heavy atom. The Morgan fingerprint density at radius 2 is 1.87 bits per heavy atom. The van der Waals surface area contributed by atoms with E-state index in [0.29, 0.717) is 12.8 Å². The zero-order chi connectivity index (χ0) is 23.0. The summed E-state index contributed by atoms with van der Waals surface area (Å²) in [6.45, 7) is 7.38. The van der Waals surface area contributed by atoms with E-state index in [1.54, 1.807) is 27.9 Å². The minimum atomic E-state index is -1.46. The molecule has 0 aromatic heterocycles. The van der Waals surface area contributed by atoms with E-state index in [9.17, 15) is 19.5 Å². The lowest BCUT2D eigenvalue weighted by Crippen LogP contribution is -2.58. The summed E-state index contributed by atoms with van der Waals surface area (Å²) in [7, 11) is 1.60. The van der Waals surface area contributed by atoms with Crippen LogP contribution < -0.4 is 10.1 Å². The molecule has 2 fully saturated rings. The van der Waals surface area contributed by atoms with E-state index in [1.807, 2.05) is 43.3 Å². The monoisotopic (exact) mass is 428 g/mol. The number of imide groups is 1. The van der Waals surface area contributed by atoms with E-state index in [0.717, 1.165) is 17.7 Å². The Hall–Kier alpha value is -2.67. The number of nitrogens with zero attached hydrogens (tertiary/aromatic N) is 1. The van der Waals surface area contributed by atoms with Crippen LogP contribution in [0.5, 0.6) is 5.75 Å². The molecule has 4 atom stereocenters. The summed E-state index contributed by atoms with van der Waals surface area (Å²) in [5, 5.41) is 13.4. The minimum Gasteiger partial charge on any atom is -0.497 e. The van der Waals surface area contributed by atoms with Crippen molar-refractivity contribution in [3.8, 4) is 5.75 Å². The molecule has 3 rings (SSSR count). The van der Waals surface area contributed by atoms with Crippen LogP contribution in [-0.4, -0.2) is 52.0 Å². The van der Waals surface area contributed by atoms with Crippen LogP contribution in [-0.2, 0) is 14.4 Å². The second-order valence-corrected chi connectivity index (χ2v) is 9.37. The molecule has 2 saturated heterocycles. The fourth-order valence-electron chi connectivity index (χ4n) is 4.79. The summed E-state index contributed by atoms with van der Waals surface area (Å²) in [6.07, 6.45) is 5.40. The number of carboxylic acids is 1. The summed E-state index contributed by atoms with van der Waals surface area (Å²) in [6, 6.07) is 6.88. The third-order valence-corrected chi connectivity index (χ3v) is 6.28. The van der Waals surface area contributed by atoms with Crippen molar-refractivity contribution in [2.24, 2.45) is 11.8 Å². The van der Waals surface area contributed by atoms with E-state index >= 15 is 0 Å². The standard InChI is InChI=1S/C24H32N2O5/c1-6-7-14-24(22(29)30)19-18(20(27)26(21(19)28)23(2,3)4)17(25-24)13-10-15-8-11-16(31-5)12-9-15/h8-13,17-19,25H,6-7,14H2,1-5H3,(H,29,30). The van der Waals surface area contributed by atoms with Crippen LogP contribution in [0.1, 0.15) is 52.5 Å². The summed E-state index contributed by atoms with van der Waals surface area (Å²) in [5.41, 5.74) is -1.27. The number of likely N-dealkylation sites (tertiary alicyclic amines) is 1. The quantitative estimate of drug-likeness (QED) is 0.648. The number of fused-ring (bicyclic) bond motifs is 1. The highest BCUT2D eigenvalue weighted by atomic mass is 16.5. The molecular weight excluding hydrogens is 396 g/mol. The molecular formula is C24H32N2O5. The lowest BCUT2D eigenvalue weighted by molar-refractivity contribution is -0.153. The molecule has 168 valence electrons. The zero-order valence-electron chi connectivity index (χ0n) is 18.8. The first-order chi connectivity index (χ1) is 14.6. The highest BCUT2D eigenvalue weighted by Crippen LogP contribution is 2.47. The number of ether oxygens (including phenoxy) is 1. The first kappa shape index (κ1) is 23.0. The molecule has 2 aliphatic heterocycles. The highest BCUT2D eigenvalue weighted by Gasteiger charge is 2.68. The normalized spacial score (nSPS) is 28.4. The molecule has 2 N–H and O–H groups in total. The van der Waals surface area contributed by atoms with Gasteiger partial charge in [-0.2, -0.15) is 0 Å². The third-order valence-electron chi connectivity index (χ3n) is 6.28. The van der Waals surface area contributed by atoms with Gasteiger partial charge in [-0.25, -0.2) is 0 Å². The van der Waals surface area contributed by atoms with Gasteiger partial charge in [0, 0.05) is 11.6 Å². The van der Waals surface area contributed by atoms with E-state index in [2.05, 4.69) is 5.32 Å². The number of hydrogen-bond donors (Lipinski definition) is 2. The smallest absolute Gasteiger partial charge is 0.324 e. The van der Waals surface area contributed by atoms with Crippen LogP contribution in [0.3, 0.4) is 0 Å². The summed E-state index contributed by atoms with van der Waals surface area (Å²) < 4.78 is 5.18. The number of carbonyl (C=O) groups is 3. The van der Waals surface area contributed by atoms with Gasteiger partial charge in [-0.05, 0) is 44.9 Å². The van der Waals surface area contributed by atoms with E-state index < -0.39 is 40.8 Å². The predicted octanol–water partition coefficient (Wildman–Crippen LogP) is 3.09. The maximum Gasteiger partial charge on any atom is 0.324 e. The molecule has 0 saturated carbocycles. The Kier molecular flexibility index (Phi) is 6.28. The number of nitrogens with one attached hydrogen (secondary N) is 1. The van der Waals surface area contributed by atoms with Crippen LogP contribution >= 0.6 is 0 Å².